The second-order valence-corrected chi connectivity index (χ2v) is 3.59. The van der Waals surface area contributed by atoms with E-state index in [1.165, 1.54) is 16.7 Å². The van der Waals surface area contributed by atoms with Crippen molar-refractivity contribution in [1.29, 1.82) is 0 Å². The minimum Gasteiger partial charge on any atom is -0.330 e. The number of nitrogens with two attached hydrogens (primary N) is 1. The molecular weight excluding hydrogens is 170 g/mol. The van der Waals surface area contributed by atoms with Crippen LogP contribution in [0.1, 0.15) is 28.7 Å². The maximum Gasteiger partial charge on any atom is 0.0277 e. The third-order valence-corrected chi connectivity index (χ3v) is 2.33. The SMILES string of the molecule is Cc1cc(C)c(C#CCCN)cc1C. The zero-order valence-corrected chi connectivity index (χ0v) is 9.15. The van der Waals surface area contributed by atoms with E-state index in [1.54, 1.807) is 0 Å². The number of benzene rings is 1. The fraction of sp³-hybridized carbons (Fsp3) is 0.385. The van der Waals surface area contributed by atoms with Crippen LogP contribution in [0.5, 0.6) is 0 Å². The maximum absolute atomic E-state index is 5.38. The number of hydrogen-bond donors (Lipinski definition) is 1. The molecule has 0 aliphatic heterocycles. The average Bonchev–Trinajstić information content (AvgIpc) is 2.14. The van der Waals surface area contributed by atoms with Gasteiger partial charge in [-0.25, -0.2) is 0 Å². The average molecular weight is 187 g/mol. The quantitative estimate of drug-likeness (QED) is 0.671. The zero-order chi connectivity index (χ0) is 10.6. The van der Waals surface area contributed by atoms with E-state index in [2.05, 4.69) is 44.7 Å². The Kier molecular flexibility index (Phi) is 3.73. The van der Waals surface area contributed by atoms with Gasteiger partial charge in [-0.1, -0.05) is 17.9 Å². The van der Waals surface area contributed by atoms with Gasteiger partial charge in [0.2, 0.25) is 0 Å². The predicted molar refractivity (Wildman–Crippen MR) is 61.2 cm³/mol. The molecule has 0 radical (unpaired) electrons. The van der Waals surface area contributed by atoms with E-state index >= 15 is 0 Å². The van der Waals surface area contributed by atoms with Crippen LogP contribution in [0.15, 0.2) is 12.1 Å². The van der Waals surface area contributed by atoms with E-state index in [-0.39, 0.29) is 0 Å². The molecule has 1 heteroatoms. The third kappa shape index (κ3) is 2.61. The highest BCUT2D eigenvalue weighted by molar-refractivity contribution is 5.45. The van der Waals surface area contributed by atoms with Crippen molar-refractivity contribution in [2.24, 2.45) is 5.73 Å². The third-order valence-electron chi connectivity index (χ3n) is 2.33. The molecule has 0 atom stereocenters. The summed E-state index contributed by atoms with van der Waals surface area (Å²) in [6.07, 6.45) is 0.770. The second kappa shape index (κ2) is 4.83. The Morgan fingerprint density at radius 1 is 1.07 bits per heavy atom. The van der Waals surface area contributed by atoms with Crippen LogP contribution in [0.4, 0.5) is 0 Å². The van der Waals surface area contributed by atoms with E-state index < -0.39 is 0 Å². The van der Waals surface area contributed by atoms with Crippen LogP contribution in [-0.2, 0) is 0 Å². The van der Waals surface area contributed by atoms with Crippen LogP contribution in [0.25, 0.3) is 0 Å². The van der Waals surface area contributed by atoms with Crippen LogP contribution in [0, 0.1) is 32.6 Å². The smallest absolute Gasteiger partial charge is 0.0277 e. The molecule has 1 nitrogen and oxygen atoms in total. The Bertz CT molecular complexity index is 380. The molecule has 1 aromatic carbocycles. The van der Waals surface area contributed by atoms with Crippen LogP contribution in [-0.4, -0.2) is 6.54 Å². The summed E-state index contributed by atoms with van der Waals surface area (Å²) in [5.41, 5.74) is 10.4. The molecule has 1 aromatic rings. The molecular formula is C13H17N. The van der Waals surface area contributed by atoms with Gasteiger partial charge in [-0.15, -0.1) is 0 Å². The van der Waals surface area contributed by atoms with Gasteiger partial charge in [-0.2, -0.15) is 0 Å². The standard InChI is InChI=1S/C13H17N/c1-10-8-12(3)13(9-11(10)2)6-4-5-7-14/h8-9H,5,7,14H2,1-3H3. The lowest BCUT2D eigenvalue weighted by Crippen LogP contribution is -1.95. The first kappa shape index (κ1) is 10.8. The molecule has 74 valence electrons. The Morgan fingerprint density at radius 2 is 1.71 bits per heavy atom. The first-order chi connectivity index (χ1) is 6.65. The van der Waals surface area contributed by atoms with Crippen LogP contribution >= 0.6 is 0 Å². The van der Waals surface area contributed by atoms with Gasteiger partial charge in [0.15, 0.2) is 0 Å². The highest BCUT2D eigenvalue weighted by atomic mass is 14.5. The van der Waals surface area contributed by atoms with E-state index in [4.69, 9.17) is 5.73 Å². The minimum absolute atomic E-state index is 0.636. The van der Waals surface area contributed by atoms with E-state index in [0.29, 0.717) is 6.54 Å². The van der Waals surface area contributed by atoms with Gasteiger partial charge < -0.3 is 5.73 Å². The van der Waals surface area contributed by atoms with Crippen LogP contribution in [0.3, 0.4) is 0 Å². The summed E-state index contributed by atoms with van der Waals surface area (Å²) >= 11 is 0. The van der Waals surface area contributed by atoms with Gasteiger partial charge in [0.1, 0.15) is 0 Å². The number of hydrogen-bond acceptors (Lipinski definition) is 1. The fourth-order valence-corrected chi connectivity index (χ4v) is 1.33. The lowest BCUT2D eigenvalue weighted by atomic mass is 10.0. The monoisotopic (exact) mass is 187 g/mol. The van der Waals surface area contributed by atoms with Gasteiger partial charge in [-0.3, -0.25) is 0 Å². The lowest BCUT2D eigenvalue weighted by molar-refractivity contribution is 1.03. The number of rotatable bonds is 1. The normalized spacial score (nSPS) is 9.43. The molecule has 0 unspecified atom stereocenters. The summed E-state index contributed by atoms with van der Waals surface area (Å²) in [6.45, 7) is 6.97. The van der Waals surface area contributed by atoms with Gasteiger partial charge in [0, 0.05) is 18.5 Å². The van der Waals surface area contributed by atoms with Gasteiger partial charge in [0.25, 0.3) is 0 Å². The second-order valence-electron chi connectivity index (χ2n) is 3.59. The molecule has 0 saturated heterocycles. The molecule has 1 rings (SSSR count). The lowest BCUT2D eigenvalue weighted by Gasteiger charge is -2.03. The topological polar surface area (TPSA) is 26.0 Å². The molecule has 14 heavy (non-hydrogen) atoms. The molecule has 0 fully saturated rings. The van der Waals surface area contributed by atoms with E-state index in [1.807, 2.05) is 0 Å². The van der Waals surface area contributed by atoms with Crippen LogP contribution < -0.4 is 5.73 Å². The van der Waals surface area contributed by atoms with Gasteiger partial charge in [0.05, 0.1) is 0 Å². The first-order valence-electron chi connectivity index (χ1n) is 4.92. The first-order valence-corrected chi connectivity index (χ1v) is 4.92. The predicted octanol–water partition coefficient (Wildman–Crippen LogP) is 2.31. The highest BCUT2D eigenvalue weighted by Gasteiger charge is 1.98. The fourth-order valence-electron chi connectivity index (χ4n) is 1.33. The molecule has 0 aromatic heterocycles. The summed E-state index contributed by atoms with van der Waals surface area (Å²) in [5.74, 6) is 6.22. The van der Waals surface area contributed by atoms with Crippen molar-refractivity contribution in [3.05, 3.63) is 34.4 Å². The van der Waals surface area contributed by atoms with Gasteiger partial charge >= 0.3 is 0 Å². The van der Waals surface area contributed by atoms with Crippen molar-refractivity contribution >= 4 is 0 Å². The Hall–Kier alpha value is -1.26. The number of aryl methyl sites for hydroxylation is 3. The summed E-state index contributed by atoms with van der Waals surface area (Å²) in [4.78, 5) is 0. The molecule has 0 bridgehead atoms. The summed E-state index contributed by atoms with van der Waals surface area (Å²) in [5, 5.41) is 0. The Balaban J connectivity index is 3.00. The van der Waals surface area contributed by atoms with E-state index in [0.717, 1.165) is 12.0 Å². The molecule has 0 aliphatic carbocycles. The summed E-state index contributed by atoms with van der Waals surface area (Å²) < 4.78 is 0. The van der Waals surface area contributed by atoms with Crippen molar-refractivity contribution in [2.75, 3.05) is 6.54 Å². The molecule has 2 N–H and O–H groups in total. The van der Waals surface area contributed by atoms with E-state index in [9.17, 15) is 0 Å². The minimum atomic E-state index is 0.636. The van der Waals surface area contributed by atoms with Crippen molar-refractivity contribution < 1.29 is 0 Å². The summed E-state index contributed by atoms with van der Waals surface area (Å²) in [6, 6.07) is 4.33. The van der Waals surface area contributed by atoms with Crippen molar-refractivity contribution in [3.8, 4) is 11.8 Å². The molecule has 0 amide bonds. The van der Waals surface area contributed by atoms with Crippen LogP contribution in [0.2, 0.25) is 0 Å². The Labute approximate surface area is 86.3 Å². The Morgan fingerprint density at radius 3 is 2.36 bits per heavy atom. The molecule has 0 saturated carbocycles. The van der Waals surface area contributed by atoms with Crippen molar-refractivity contribution in [3.63, 3.8) is 0 Å². The highest BCUT2D eigenvalue weighted by Crippen LogP contribution is 2.14. The molecule has 0 spiro atoms. The largest absolute Gasteiger partial charge is 0.330 e. The molecule has 0 heterocycles. The zero-order valence-electron chi connectivity index (χ0n) is 9.15. The maximum atomic E-state index is 5.38. The van der Waals surface area contributed by atoms with Gasteiger partial charge in [-0.05, 0) is 43.5 Å². The summed E-state index contributed by atoms with van der Waals surface area (Å²) in [7, 11) is 0. The van der Waals surface area contributed by atoms with Crippen molar-refractivity contribution in [1.82, 2.24) is 0 Å². The molecule has 0 aliphatic rings. The van der Waals surface area contributed by atoms with Crippen molar-refractivity contribution in [2.45, 2.75) is 27.2 Å².